The molecular weight excluding hydrogens is 302 g/mol. The van der Waals surface area contributed by atoms with E-state index in [0.717, 1.165) is 35.3 Å². The number of rotatable bonds is 6. The summed E-state index contributed by atoms with van der Waals surface area (Å²) in [5.41, 5.74) is 2.78. The molecule has 0 saturated heterocycles. The Morgan fingerprint density at radius 3 is 2.71 bits per heavy atom. The SMILES string of the molecule is CCCn1c(NC(=O)Cc2ccccc2OC)nc2ccccc21. The van der Waals surface area contributed by atoms with E-state index in [0.29, 0.717) is 5.95 Å². The van der Waals surface area contributed by atoms with Crippen LogP contribution in [0.3, 0.4) is 0 Å². The molecule has 2 aromatic carbocycles. The predicted molar refractivity (Wildman–Crippen MR) is 95.4 cm³/mol. The summed E-state index contributed by atoms with van der Waals surface area (Å²) in [7, 11) is 1.61. The zero-order valence-corrected chi connectivity index (χ0v) is 14.0. The molecule has 3 rings (SSSR count). The number of ether oxygens (including phenoxy) is 1. The second-order valence-electron chi connectivity index (χ2n) is 5.61. The maximum atomic E-state index is 12.5. The lowest BCUT2D eigenvalue weighted by Gasteiger charge is -2.10. The molecule has 5 heteroatoms. The summed E-state index contributed by atoms with van der Waals surface area (Å²) in [6.45, 7) is 2.92. The zero-order chi connectivity index (χ0) is 16.9. The van der Waals surface area contributed by atoms with Gasteiger partial charge in [0.15, 0.2) is 0 Å². The van der Waals surface area contributed by atoms with Gasteiger partial charge < -0.3 is 9.30 Å². The lowest BCUT2D eigenvalue weighted by molar-refractivity contribution is -0.115. The van der Waals surface area contributed by atoms with Crippen molar-refractivity contribution in [1.82, 2.24) is 9.55 Å². The third-order valence-electron chi connectivity index (χ3n) is 3.90. The summed E-state index contributed by atoms with van der Waals surface area (Å²) >= 11 is 0. The monoisotopic (exact) mass is 323 g/mol. The first kappa shape index (κ1) is 16.1. The molecule has 0 aliphatic rings. The summed E-state index contributed by atoms with van der Waals surface area (Å²) < 4.78 is 7.36. The number of nitrogens with one attached hydrogen (secondary N) is 1. The summed E-state index contributed by atoms with van der Waals surface area (Å²) in [5.74, 6) is 1.21. The Morgan fingerprint density at radius 1 is 1.17 bits per heavy atom. The molecule has 5 nitrogen and oxygen atoms in total. The number of hydrogen-bond acceptors (Lipinski definition) is 3. The van der Waals surface area contributed by atoms with Gasteiger partial charge in [-0.2, -0.15) is 0 Å². The van der Waals surface area contributed by atoms with Gasteiger partial charge in [0.2, 0.25) is 11.9 Å². The first-order valence-corrected chi connectivity index (χ1v) is 8.10. The van der Waals surface area contributed by atoms with E-state index in [1.807, 2.05) is 48.5 Å². The Hall–Kier alpha value is -2.82. The molecule has 0 saturated carbocycles. The second kappa shape index (κ2) is 7.17. The van der Waals surface area contributed by atoms with Crippen LogP contribution in [0.1, 0.15) is 18.9 Å². The minimum absolute atomic E-state index is 0.104. The molecule has 0 aliphatic heterocycles. The fourth-order valence-electron chi connectivity index (χ4n) is 2.81. The van der Waals surface area contributed by atoms with Gasteiger partial charge in [0.05, 0.1) is 24.6 Å². The van der Waals surface area contributed by atoms with Crippen LogP contribution in [-0.2, 0) is 17.8 Å². The average molecular weight is 323 g/mol. The van der Waals surface area contributed by atoms with Crippen LogP contribution in [0.25, 0.3) is 11.0 Å². The van der Waals surface area contributed by atoms with Gasteiger partial charge in [-0.05, 0) is 24.6 Å². The highest BCUT2D eigenvalue weighted by Gasteiger charge is 2.14. The van der Waals surface area contributed by atoms with Crippen LogP contribution >= 0.6 is 0 Å². The van der Waals surface area contributed by atoms with E-state index in [4.69, 9.17) is 4.74 Å². The Morgan fingerprint density at radius 2 is 1.92 bits per heavy atom. The van der Waals surface area contributed by atoms with Crippen LogP contribution in [0.2, 0.25) is 0 Å². The third kappa shape index (κ3) is 3.25. The van der Waals surface area contributed by atoms with Gasteiger partial charge in [-0.3, -0.25) is 10.1 Å². The lowest BCUT2D eigenvalue weighted by Crippen LogP contribution is -2.18. The van der Waals surface area contributed by atoms with E-state index in [-0.39, 0.29) is 12.3 Å². The molecular formula is C19H21N3O2. The number of fused-ring (bicyclic) bond motifs is 1. The van der Waals surface area contributed by atoms with Crippen molar-refractivity contribution in [2.75, 3.05) is 12.4 Å². The first-order chi connectivity index (χ1) is 11.7. The van der Waals surface area contributed by atoms with Gasteiger partial charge in [0.25, 0.3) is 0 Å². The minimum atomic E-state index is -0.104. The van der Waals surface area contributed by atoms with Crippen molar-refractivity contribution < 1.29 is 9.53 Å². The molecule has 1 amide bonds. The zero-order valence-electron chi connectivity index (χ0n) is 14.0. The Kier molecular flexibility index (Phi) is 4.79. The molecule has 0 atom stereocenters. The highest BCUT2D eigenvalue weighted by Crippen LogP contribution is 2.21. The summed E-state index contributed by atoms with van der Waals surface area (Å²) in [6, 6.07) is 15.5. The number of nitrogens with zero attached hydrogens (tertiary/aromatic N) is 2. The fraction of sp³-hybridized carbons (Fsp3) is 0.263. The summed E-state index contributed by atoms with van der Waals surface area (Å²) in [5, 5.41) is 2.94. The van der Waals surface area contributed by atoms with Gasteiger partial charge >= 0.3 is 0 Å². The number of para-hydroxylation sites is 3. The minimum Gasteiger partial charge on any atom is -0.496 e. The molecule has 0 radical (unpaired) electrons. The largest absolute Gasteiger partial charge is 0.496 e. The van der Waals surface area contributed by atoms with E-state index in [9.17, 15) is 4.79 Å². The van der Waals surface area contributed by atoms with E-state index in [2.05, 4.69) is 21.8 Å². The van der Waals surface area contributed by atoms with E-state index < -0.39 is 0 Å². The Labute approximate surface area is 141 Å². The molecule has 1 N–H and O–H groups in total. The molecule has 1 heterocycles. The normalized spacial score (nSPS) is 10.8. The van der Waals surface area contributed by atoms with Crippen molar-refractivity contribution >= 4 is 22.9 Å². The van der Waals surface area contributed by atoms with E-state index in [1.165, 1.54) is 0 Å². The predicted octanol–water partition coefficient (Wildman–Crippen LogP) is 3.64. The first-order valence-electron chi connectivity index (χ1n) is 8.10. The molecule has 0 fully saturated rings. The maximum Gasteiger partial charge on any atom is 0.231 e. The van der Waals surface area contributed by atoms with Crippen LogP contribution < -0.4 is 10.1 Å². The quantitative estimate of drug-likeness (QED) is 0.753. The maximum absolute atomic E-state index is 12.5. The van der Waals surface area contributed by atoms with Crippen LogP contribution in [0.5, 0.6) is 5.75 Å². The van der Waals surface area contributed by atoms with E-state index in [1.54, 1.807) is 7.11 Å². The van der Waals surface area contributed by atoms with Gasteiger partial charge in [-0.15, -0.1) is 0 Å². The van der Waals surface area contributed by atoms with Crippen LogP contribution in [0, 0.1) is 0 Å². The Balaban J connectivity index is 1.84. The summed E-state index contributed by atoms with van der Waals surface area (Å²) in [6.07, 6.45) is 1.22. The molecule has 0 aliphatic carbocycles. The van der Waals surface area contributed by atoms with Crippen molar-refractivity contribution in [2.45, 2.75) is 26.3 Å². The molecule has 0 unspecified atom stereocenters. The number of benzene rings is 2. The van der Waals surface area contributed by atoms with Gasteiger partial charge in [0, 0.05) is 12.1 Å². The van der Waals surface area contributed by atoms with E-state index >= 15 is 0 Å². The number of carbonyl (C=O) groups is 1. The number of carbonyl (C=O) groups excluding carboxylic acids is 1. The van der Waals surface area contributed by atoms with Crippen molar-refractivity contribution in [2.24, 2.45) is 0 Å². The molecule has 24 heavy (non-hydrogen) atoms. The number of imidazole rings is 1. The van der Waals surface area contributed by atoms with Gasteiger partial charge in [0.1, 0.15) is 5.75 Å². The number of methoxy groups -OCH3 is 1. The molecule has 3 aromatic rings. The van der Waals surface area contributed by atoms with Crippen molar-refractivity contribution in [1.29, 1.82) is 0 Å². The van der Waals surface area contributed by atoms with Crippen molar-refractivity contribution in [3.63, 3.8) is 0 Å². The van der Waals surface area contributed by atoms with Crippen LogP contribution in [0.15, 0.2) is 48.5 Å². The Bertz CT molecular complexity index is 855. The molecule has 124 valence electrons. The topological polar surface area (TPSA) is 56.2 Å². The molecule has 1 aromatic heterocycles. The number of hydrogen-bond donors (Lipinski definition) is 1. The highest BCUT2D eigenvalue weighted by molar-refractivity contribution is 5.93. The number of aromatic nitrogens is 2. The smallest absolute Gasteiger partial charge is 0.231 e. The molecule has 0 spiro atoms. The lowest BCUT2D eigenvalue weighted by atomic mass is 10.1. The van der Waals surface area contributed by atoms with Crippen LogP contribution in [0.4, 0.5) is 5.95 Å². The van der Waals surface area contributed by atoms with Gasteiger partial charge in [-0.25, -0.2) is 4.98 Å². The summed E-state index contributed by atoms with van der Waals surface area (Å²) in [4.78, 5) is 17.0. The van der Waals surface area contributed by atoms with Crippen molar-refractivity contribution in [3.05, 3.63) is 54.1 Å². The standard InChI is InChI=1S/C19H21N3O2/c1-3-12-22-16-10-6-5-9-15(16)20-19(22)21-18(23)13-14-8-4-7-11-17(14)24-2/h4-11H,3,12-13H2,1-2H3,(H,20,21,23). The molecule has 0 bridgehead atoms. The third-order valence-corrected chi connectivity index (χ3v) is 3.90. The highest BCUT2D eigenvalue weighted by atomic mass is 16.5. The van der Waals surface area contributed by atoms with Crippen molar-refractivity contribution in [3.8, 4) is 5.75 Å². The fourth-order valence-corrected chi connectivity index (χ4v) is 2.81. The number of aryl methyl sites for hydroxylation is 1. The number of amides is 1. The number of anilines is 1. The average Bonchev–Trinajstić information content (AvgIpc) is 2.93. The van der Waals surface area contributed by atoms with Gasteiger partial charge in [-0.1, -0.05) is 37.3 Å². The van der Waals surface area contributed by atoms with Crippen LogP contribution in [-0.4, -0.2) is 22.6 Å². The second-order valence-corrected chi connectivity index (χ2v) is 5.61.